The van der Waals surface area contributed by atoms with E-state index in [1.54, 1.807) is 29.2 Å². The molecule has 0 aromatic heterocycles. The number of unbranched alkanes of at least 4 members (excludes halogenated alkanes) is 1. The molecule has 1 fully saturated rings. The van der Waals surface area contributed by atoms with Gasteiger partial charge in [0.25, 0.3) is 5.91 Å². The van der Waals surface area contributed by atoms with Gasteiger partial charge in [-0.3, -0.25) is 4.79 Å². The molecule has 1 aromatic rings. The number of amides is 2. The Morgan fingerprint density at radius 3 is 2.52 bits per heavy atom. The smallest absolute Gasteiger partial charge is 0.409 e. The second-order valence-electron chi connectivity index (χ2n) is 5.71. The van der Waals surface area contributed by atoms with Gasteiger partial charge in [0.1, 0.15) is 0 Å². The zero-order chi connectivity index (χ0) is 16.7. The fraction of sp³-hybridized carbons (Fsp3) is 0.529. The lowest BCUT2D eigenvalue weighted by Gasteiger charge is -2.31. The second kappa shape index (κ2) is 8.77. The van der Waals surface area contributed by atoms with Crippen LogP contribution in [0.1, 0.15) is 43.0 Å². The van der Waals surface area contributed by atoms with E-state index in [0.29, 0.717) is 30.3 Å². The molecule has 1 heterocycles. The first-order valence-corrected chi connectivity index (χ1v) is 8.46. The fourth-order valence-electron chi connectivity index (χ4n) is 2.47. The highest BCUT2D eigenvalue weighted by molar-refractivity contribution is 6.30. The summed E-state index contributed by atoms with van der Waals surface area (Å²) >= 11 is 5.82. The number of benzene rings is 1. The van der Waals surface area contributed by atoms with Crippen molar-refractivity contribution in [1.82, 2.24) is 10.2 Å². The zero-order valence-corrected chi connectivity index (χ0v) is 14.1. The molecule has 2 amide bonds. The number of nitrogens with one attached hydrogen (secondary N) is 1. The van der Waals surface area contributed by atoms with Gasteiger partial charge in [0.05, 0.1) is 6.61 Å². The fourth-order valence-corrected chi connectivity index (χ4v) is 2.60. The van der Waals surface area contributed by atoms with Crippen molar-refractivity contribution >= 4 is 23.6 Å². The highest BCUT2D eigenvalue weighted by Crippen LogP contribution is 2.14. The molecule has 23 heavy (non-hydrogen) atoms. The van der Waals surface area contributed by atoms with Gasteiger partial charge < -0.3 is 15.0 Å². The number of carbonyl (C=O) groups is 2. The number of hydrogen-bond donors (Lipinski definition) is 1. The van der Waals surface area contributed by atoms with Gasteiger partial charge >= 0.3 is 6.09 Å². The summed E-state index contributed by atoms with van der Waals surface area (Å²) in [6.45, 7) is 3.75. The van der Waals surface area contributed by atoms with E-state index in [-0.39, 0.29) is 18.0 Å². The van der Waals surface area contributed by atoms with Crippen molar-refractivity contribution in [2.24, 2.45) is 0 Å². The Morgan fingerprint density at radius 2 is 1.91 bits per heavy atom. The minimum Gasteiger partial charge on any atom is -0.449 e. The molecule has 6 heteroatoms. The van der Waals surface area contributed by atoms with Gasteiger partial charge in [0, 0.05) is 29.7 Å². The van der Waals surface area contributed by atoms with Crippen molar-refractivity contribution in [2.75, 3.05) is 19.7 Å². The average molecular weight is 339 g/mol. The third-order valence-corrected chi connectivity index (χ3v) is 4.17. The molecule has 5 nitrogen and oxygen atoms in total. The van der Waals surface area contributed by atoms with Crippen LogP contribution in [0.4, 0.5) is 4.79 Å². The summed E-state index contributed by atoms with van der Waals surface area (Å²) in [7, 11) is 0. The molecule has 0 spiro atoms. The predicted molar refractivity (Wildman–Crippen MR) is 89.8 cm³/mol. The van der Waals surface area contributed by atoms with Gasteiger partial charge in [-0.2, -0.15) is 0 Å². The van der Waals surface area contributed by atoms with E-state index >= 15 is 0 Å². The number of carbonyl (C=O) groups excluding carboxylic acids is 2. The maximum absolute atomic E-state index is 12.2. The molecule has 1 saturated heterocycles. The Hall–Kier alpha value is -1.75. The number of hydrogen-bond acceptors (Lipinski definition) is 3. The van der Waals surface area contributed by atoms with Crippen LogP contribution in [0.2, 0.25) is 5.02 Å². The van der Waals surface area contributed by atoms with Crippen molar-refractivity contribution in [3.8, 4) is 0 Å². The summed E-state index contributed by atoms with van der Waals surface area (Å²) in [5.41, 5.74) is 0.593. The number of rotatable bonds is 5. The Bertz CT molecular complexity index is 525. The van der Waals surface area contributed by atoms with Crippen LogP contribution in [0.3, 0.4) is 0 Å². The van der Waals surface area contributed by atoms with Crippen molar-refractivity contribution < 1.29 is 14.3 Å². The lowest BCUT2D eigenvalue weighted by atomic mass is 10.0. The quantitative estimate of drug-likeness (QED) is 0.836. The standard InChI is InChI=1S/C17H23ClN2O3/c1-2-3-12-23-17(22)20-10-8-15(9-11-20)19-16(21)13-4-6-14(18)7-5-13/h4-7,15H,2-3,8-12H2,1H3,(H,19,21). The number of ether oxygens (including phenoxy) is 1. The van der Waals surface area contributed by atoms with E-state index in [0.717, 1.165) is 25.7 Å². The van der Waals surface area contributed by atoms with Gasteiger partial charge in [-0.05, 0) is 43.5 Å². The maximum Gasteiger partial charge on any atom is 0.409 e. The largest absolute Gasteiger partial charge is 0.449 e. The molecule has 1 aliphatic rings. The molecule has 1 aromatic carbocycles. The summed E-state index contributed by atoms with van der Waals surface area (Å²) in [5, 5.41) is 3.61. The highest BCUT2D eigenvalue weighted by Gasteiger charge is 2.24. The number of likely N-dealkylation sites (tertiary alicyclic amines) is 1. The van der Waals surface area contributed by atoms with Crippen LogP contribution in [0.15, 0.2) is 24.3 Å². The van der Waals surface area contributed by atoms with Crippen molar-refractivity contribution in [2.45, 2.75) is 38.6 Å². The molecule has 2 rings (SSSR count). The average Bonchev–Trinajstić information content (AvgIpc) is 2.56. The van der Waals surface area contributed by atoms with Crippen LogP contribution in [0.25, 0.3) is 0 Å². The molecular formula is C17H23ClN2O3. The van der Waals surface area contributed by atoms with E-state index in [4.69, 9.17) is 16.3 Å². The van der Waals surface area contributed by atoms with E-state index in [2.05, 4.69) is 12.2 Å². The summed E-state index contributed by atoms with van der Waals surface area (Å²) in [5.74, 6) is -0.106. The molecule has 0 atom stereocenters. The SMILES string of the molecule is CCCCOC(=O)N1CCC(NC(=O)c2ccc(Cl)cc2)CC1. The van der Waals surface area contributed by atoms with E-state index < -0.39 is 0 Å². The van der Waals surface area contributed by atoms with Gasteiger partial charge in [0.15, 0.2) is 0 Å². The third-order valence-electron chi connectivity index (χ3n) is 3.92. The van der Waals surface area contributed by atoms with Crippen LogP contribution in [-0.2, 0) is 4.74 Å². The molecule has 0 radical (unpaired) electrons. The summed E-state index contributed by atoms with van der Waals surface area (Å²) in [6, 6.07) is 6.89. The minimum absolute atomic E-state index is 0.0814. The highest BCUT2D eigenvalue weighted by atomic mass is 35.5. The monoisotopic (exact) mass is 338 g/mol. The van der Waals surface area contributed by atoms with Crippen LogP contribution in [0.5, 0.6) is 0 Å². The normalized spacial score (nSPS) is 15.3. The Labute approximate surface area is 141 Å². The lowest BCUT2D eigenvalue weighted by Crippen LogP contribution is -2.46. The van der Waals surface area contributed by atoms with Crippen LogP contribution >= 0.6 is 11.6 Å². The first-order valence-electron chi connectivity index (χ1n) is 8.08. The van der Waals surface area contributed by atoms with E-state index in [1.807, 2.05) is 0 Å². The number of piperidine rings is 1. The Balaban J connectivity index is 1.75. The molecule has 0 aliphatic carbocycles. The molecule has 1 aliphatic heterocycles. The van der Waals surface area contributed by atoms with E-state index in [9.17, 15) is 9.59 Å². The van der Waals surface area contributed by atoms with Gasteiger partial charge in [-0.1, -0.05) is 24.9 Å². The summed E-state index contributed by atoms with van der Waals surface area (Å²) in [4.78, 5) is 25.7. The molecule has 0 unspecified atom stereocenters. The van der Waals surface area contributed by atoms with Crippen molar-refractivity contribution in [1.29, 1.82) is 0 Å². The molecule has 1 N–H and O–H groups in total. The summed E-state index contributed by atoms with van der Waals surface area (Å²) < 4.78 is 5.21. The van der Waals surface area contributed by atoms with Crippen molar-refractivity contribution in [3.63, 3.8) is 0 Å². The van der Waals surface area contributed by atoms with Crippen LogP contribution in [-0.4, -0.2) is 42.6 Å². The molecule has 0 saturated carbocycles. The zero-order valence-electron chi connectivity index (χ0n) is 13.4. The first kappa shape index (κ1) is 17.6. The predicted octanol–water partition coefficient (Wildman–Crippen LogP) is 3.47. The molecule has 126 valence electrons. The van der Waals surface area contributed by atoms with Crippen LogP contribution in [0, 0.1) is 0 Å². The van der Waals surface area contributed by atoms with Gasteiger partial charge in [0.2, 0.25) is 0 Å². The Morgan fingerprint density at radius 1 is 1.26 bits per heavy atom. The number of halogens is 1. The van der Waals surface area contributed by atoms with Crippen LogP contribution < -0.4 is 5.32 Å². The van der Waals surface area contributed by atoms with Gasteiger partial charge in [-0.25, -0.2) is 4.79 Å². The minimum atomic E-state index is -0.249. The second-order valence-corrected chi connectivity index (χ2v) is 6.15. The van der Waals surface area contributed by atoms with Gasteiger partial charge in [-0.15, -0.1) is 0 Å². The van der Waals surface area contributed by atoms with E-state index in [1.165, 1.54) is 0 Å². The summed E-state index contributed by atoms with van der Waals surface area (Å²) in [6.07, 6.45) is 3.12. The Kier molecular flexibility index (Phi) is 6.71. The third kappa shape index (κ3) is 5.43. The van der Waals surface area contributed by atoms with Crippen molar-refractivity contribution in [3.05, 3.63) is 34.9 Å². The molecular weight excluding hydrogens is 316 g/mol. The molecule has 0 bridgehead atoms. The maximum atomic E-state index is 12.2. The first-order chi connectivity index (χ1) is 11.1. The topological polar surface area (TPSA) is 58.6 Å². The number of nitrogens with zero attached hydrogens (tertiary/aromatic N) is 1. The lowest BCUT2D eigenvalue weighted by molar-refractivity contribution is 0.0836.